The second kappa shape index (κ2) is 7.73. The molecule has 3 fully saturated rings. The van der Waals surface area contributed by atoms with E-state index in [1.807, 2.05) is 0 Å². The molecule has 0 unspecified atom stereocenters. The van der Waals surface area contributed by atoms with E-state index in [4.69, 9.17) is 9.15 Å². The molecular weight excluding hydrogens is 364 g/mol. The number of carbonyl (C=O) groups excluding carboxylic acids is 3. The zero-order chi connectivity index (χ0) is 19.6. The van der Waals surface area contributed by atoms with Gasteiger partial charge in [0.25, 0.3) is 5.91 Å². The Hall–Kier alpha value is -2.71. The number of alkyl carbamates (subject to hydrolysis) is 1. The average Bonchev–Trinajstić information content (AvgIpc) is 3.30. The number of piperidine rings is 1. The van der Waals surface area contributed by atoms with E-state index in [-0.39, 0.29) is 24.1 Å². The Balaban J connectivity index is 1.24. The van der Waals surface area contributed by atoms with Crippen molar-refractivity contribution >= 4 is 18.0 Å². The third-order valence-corrected chi connectivity index (χ3v) is 5.89. The summed E-state index contributed by atoms with van der Waals surface area (Å²) in [4.78, 5) is 40.0. The lowest BCUT2D eigenvalue weighted by molar-refractivity contribution is 0.0453. The standard InChI is InChI=1S/C19H26N4O5/c24-16(15-3-1-12-27-15)22-9-4-14(5-10-22)21-17(25)23-8-2-6-19(7-11-23)13-20-18(26)28-19/h1,3,12,14H,2,4-11,13H2,(H,20,26)(H,21,25)/t19-/m1/s1. The maximum Gasteiger partial charge on any atom is 0.407 e. The molecule has 1 spiro atoms. The fraction of sp³-hybridized carbons (Fsp3) is 0.632. The van der Waals surface area contributed by atoms with E-state index >= 15 is 0 Å². The first-order valence-electron chi connectivity index (χ1n) is 9.90. The molecule has 0 aromatic carbocycles. The smallest absolute Gasteiger partial charge is 0.407 e. The van der Waals surface area contributed by atoms with Crippen LogP contribution in [0.25, 0.3) is 0 Å². The van der Waals surface area contributed by atoms with Gasteiger partial charge in [0.05, 0.1) is 12.8 Å². The van der Waals surface area contributed by atoms with Crippen molar-refractivity contribution in [3.63, 3.8) is 0 Å². The minimum absolute atomic E-state index is 0.0522. The molecule has 0 aliphatic carbocycles. The van der Waals surface area contributed by atoms with Crippen molar-refractivity contribution in [2.45, 2.75) is 43.7 Å². The monoisotopic (exact) mass is 390 g/mol. The van der Waals surface area contributed by atoms with Gasteiger partial charge >= 0.3 is 12.1 Å². The van der Waals surface area contributed by atoms with Gasteiger partial charge < -0.3 is 29.6 Å². The summed E-state index contributed by atoms with van der Waals surface area (Å²) in [5.41, 5.74) is -0.469. The number of urea groups is 1. The van der Waals surface area contributed by atoms with E-state index in [1.54, 1.807) is 21.9 Å². The Morgan fingerprint density at radius 2 is 1.96 bits per heavy atom. The normalized spacial score (nSPS) is 25.9. The van der Waals surface area contributed by atoms with Gasteiger partial charge in [-0.1, -0.05) is 0 Å². The second-order valence-electron chi connectivity index (χ2n) is 7.76. The van der Waals surface area contributed by atoms with Crippen LogP contribution in [0.15, 0.2) is 22.8 Å². The first-order valence-corrected chi connectivity index (χ1v) is 9.90. The fourth-order valence-corrected chi connectivity index (χ4v) is 4.20. The number of rotatable bonds is 2. The van der Waals surface area contributed by atoms with Crippen molar-refractivity contribution in [2.24, 2.45) is 0 Å². The number of likely N-dealkylation sites (tertiary alicyclic amines) is 2. The highest BCUT2D eigenvalue weighted by atomic mass is 16.6. The van der Waals surface area contributed by atoms with Crippen molar-refractivity contribution in [3.05, 3.63) is 24.2 Å². The quantitative estimate of drug-likeness (QED) is 0.798. The molecule has 1 aromatic heterocycles. The summed E-state index contributed by atoms with van der Waals surface area (Å²) in [6.07, 6.45) is 4.79. The molecule has 4 rings (SSSR count). The highest BCUT2D eigenvalue weighted by Gasteiger charge is 2.42. The van der Waals surface area contributed by atoms with Gasteiger partial charge in [-0.3, -0.25) is 4.79 Å². The molecule has 0 bridgehead atoms. The van der Waals surface area contributed by atoms with E-state index in [1.165, 1.54) is 6.26 Å². The number of hydrogen-bond acceptors (Lipinski definition) is 5. The van der Waals surface area contributed by atoms with Crippen LogP contribution in [-0.4, -0.2) is 72.2 Å². The number of ether oxygens (including phenoxy) is 1. The number of amides is 4. The summed E-state index contributed by atoms with van der Waals surface area (Å²) in [6.45, 7) is 2.92. The SMILES string of the molecule is O=C1NC[C@]2(CCCN(C(=O)NC3CCN(C(=O)c4ccco4)CC3)CC2)O1. The van der Waals surface area contributed by atoms with Crippen LogP contribution in [0.2, 0.25) is 0 Å². The Kier molecular flexibility index (Phi) is 5.15. The Bertz CT molecular complexity index is 729. The Morgan fingerprint density at radius 3 is 2.64 bits per heavy atom. The van der Waals surface area contributed by atoms with Gasteiger partial charge in [-0.2, -0.15) is 0 Å². The molecule has 3 saturated heterocycles. The lowest BCUT2D eigenvalue weighted by Crippen LogP contribution is -2.50. The highest BCUT2D eigenvalue weighted by molar-refractivity contribution is 5.91. The topological polar surface area (TPSA) is 104 Å². The molecule has 9 nitrogen and oxygen atoms in total. The van der Waals surface area contributed by atoms with E-state index in [0.717, 1.165) is 25.7 Å². The first kappa shape index (κ1) is 18.6. The number of nitrogens with one attached hydrogen (secondary N) is 2. The minimum Gasteiger partial charge on any atom is -0.459 e. The summed E-state index contributed by atoms with van der Waals surface area (Å²) in [5.74, 6) is 0.246. The Morgan fingerprint density at radius 1 is 1.14 bits per heavy atom. The largest absolute Gasteiger partial charge is 0.459 e. The van der Waals surface area contributed by atoms with E-state index in [0.29, 0.717) is 44.9 Å². The van der Waals surface area contributed by atoms with Crippen LogP contribution in [0, 0.1) is 0 Å². The molecule has 3 aliphatic heterocycles. The van der Waals surface area contributed by atoms with Gasteiger partial charge in [-0.25, -0.2) is 9.59 Å². The maximum atomic E-state index is 12.7. The van der Waals surface area contributed by atoms with Crippen LogP contribution < -0.4 is 10.6 Å². The molecular formula is C19H26N4O5. The summed E-state index contributed by atoms with van der Waals surface area (Å²) >= 11 is 0. The van der Waals surface area contributed by atoms with Crippen molar-refractivity contribution in [1.29, 1.82) is 0 Å². The lowest BCUT2D eigenvalue weighted by Gasteiger charge is -2.33. The van der Waals surface area contributed by atoms with Crippen LogP contribution in [0.1, 0.15) is 42.7 Å². The second-order valence-corrected chi connectivity index (χ2v) is 7.76. The van der Waals surface area contributed by atoms with Crippen molar-refractivity contribution in [2.75, 3.05) is 32.7 Å². The average molecular weight is 390 g/mol. The van der Waals surface area contributed by atoms with Crippen molar-refractivity contribution in [1.82, 2.24) is 20.4 Å². The third-order valence-electron chi connectivity index (χ3n) is 5.89. The summed E-state index contributed by atoms with van der Waals surface area (Å²) in [7, 11) is 0. The van der Waals surface area contributed by atoms with E-state index < -0.39 is 5.60 Å². The molecule has 0 radical (unpaired) electrons. The van der Waals surface area contributed by atoms with E-state index in [9.17, 15) is 14.4 Å². The molecule has 1 aromatic rings. The lowest BCUT2D eigenvalue weighted by atomic mass is 9.95. The zero-order valence-electron chi connectivity index (χ0n) is 15.8. The molecule has 4 heterocycles. The summed E-state index contributed by atoms with van der Waals surface area (Å²) in [6, 6.07) is 3.34. The Labute approximate surface area is 163 Å². The van der Waals surface area contributed by atoms with Crippen LogP contribution in [0.5, 0.6) is 0 Å². The van der Waals surface area contributed by atoms with Crippen LogP contribution >= 0.6 is 0 Å². The summed E-state index contributed by atoms with van der Waals surface area (Å²) in [5, 5.41) is 5.82. The molecule has 3 aliphatic rings. The van der Waals surface area contributed by atoms with Crippen LogP contribution in [-0.2, 0) is 4.74 Å². The first-order chi connectivity index (χ1) is 13.5. The number of hydrogen-bond donors (Lipinski definition) is 2. The molecule has 152 valence electrons. The van der Waals surface area contributed by atoms with Crippen molar-refractivity contribution in [3.8, 4) is 0 Å². The zero-order valence-corrected chi connectivity index (χ0v) is 15.8. The van der Waals surface area contributed by atoms with Crippen molar-refractivity contribution < 1.29 is 23.5 Å². The predicted molar refractivity (Wildman–Crippen MR) is 98.8 cm³/mol. The minimum atomic E-state index is -0.469. The van der Waals surface area contributed by atoms with Gasteiger partial charge in [0.15, 0.2) is 5.76 Å². The number of furan rings is 1. The van der Waals surface area contributed by atoms with Gasteiger partial charge in [-0.15, -0.1) is 0 Å². The highest BCUT2D eigenvalue weighted by Crippen LogP contribution is 2.29. The van der Waals surface area contributed by atoms with Crippen LogP contribution in [0.3, 0.4) is 0 Å². The third kappa shape index (κ3) is 3.93. The molecule has 1 atom stereocenters. The molecule has 9 heteroatoms. The molecule has 28 heavy (non-hydrogen) atoms. The van der Waals surface area contributed by atoms with Gasteiger partial charge in [0.2, 0.25) is 0 Å². The van der Waals surface area contributed by atoms with Gasteiger partial charge in [-0.05, 0) is 37.8 Å². The predicted octanol–water partition coefficient (Wildman–Crippen LogP) is 1.56. The number of nitrogens with zero attached hydrogens (tertiary/aromatic N) is 2. The van der Waals surface area contributed by atoms with E-state index in [2.05, 4.69) is 10.6 Å². The molecule has 4 amide bonds. The van der Waals surface area contributed by atoms with Gasteiger partial charge in [0.1, 0.15) is 5.60 Å². The number of carbonyl (C=O) groups is 3. The molecule has 0 saturated carbocycles. The summed E-state index contributed by atoms with van der Waals surface area (Å²) < 4.78 is 10.6. The van der Waals surface area contributed by atoms with Crippen LogP contribution in [0.4, 0.5) is 9.59 Å². The van der Waals surface area contributed by atoms with Gasteiger partial charge in [0, 0.05) is 38.6 Å². The molecule has 2 N–H and O–H groups in total. The fourth-order valence-electron chi connectivity index (χ4n) is 4.20. The maximum absolute atomic E-state index is 12.7.